The van der Waals surface area contributed by atoms with Crippen LogP contribution in [0.2, 0.25) is 0 Å². The molecule has 1 aliphatic heterocycles. The van der Waals surface area contributed by atoms with Crippen LogP contribution in [0.15, 0.2) is 18.3 Å². The van der Waals surface area contributed by atoms with Gasteiger partial charge in [-0.05, 0) is 50.7 Å². The van der Waals surface area contributed by atoms with E-state index < -0.39 is 0 Å². The molecule has 0 aromatic carbocycles. The Balaban J connectivity index is 1.46. The summed E-state index contributed by atoms with van der Waals surface area (Å²) in [5.41, 5.74) is 0.516. The molecule has 22 heavy (non-hydrogen) atoms. The lowest BCUT2D eigenvalue weighted by molar-refractivity contribution is 0.0594. The first-order chi connectivity index (χ1) is 10.8. The first kappa shape index (κ1) is 15.3. The van der Waals surface area contributed by atoms with Gasteiger partial charge in [0.05, 0.1) is 6.61 Å². The number of aromatic nitrogens is 1. The second-order valence-electron chi connectivity index (χ2n) is 6.14. The average Bonchev–Trinajstić information content (AvgIpc) is 2.58. The minimum absolute atomic E-state index is 0.169. The number of nitrogens with one attached hydrogen (secondary N) is 1. The molecule has 1 atom stereocenters. The molecule has 0 radical (unpaired) electrons. The van der Waals surface area contributed by atoms with Crippen molar-refractivity contribution in [3.8, 4) is 11.9 Å². The van der Waals surface area contributed by atoms with E-state index in [1.165, 1.54) is 6.42 Å². The van der Waals surface area contributed by atoms with E-state index in [9.17, 15) is 0 Å². The summed E-state index contributed by atoms with van der Waals surface area (Å²) in [6.45, 7) is 1.75. The van der Waals surface area contributed by atoms with Crippen molar-refractivity contribution < 1.29 is 9.47 Å². The Labute approximate surface area is 131 Å². The Morgan fingerprint density at radius 1 is 1.23 bits per heavy atom. The molecular weight excluding hydrogens is 278 g/mol. The summed E-state index contributed by atoms with van der Waals surface area (Å²) < 4.78 is 11.5. The lowest BCUT2D eigenvalue weighted by Gasteiger charge is -2.33. The van der Waals surface area contributed by atoms with Gasteiger partial charge in [0, 0.05) is 24.9 Å². The summed E-state index contributed by atoms with van der Waals surface area (Å²) in [4.78, 5) is 4.18. The second kappa shape index (κ2) is 7.57. The SMILES string of the molecule is N#Cc1cccnc1OC1CCC(NC2CCCOC2)CC1. The molecule has 0 amide bonds. The van der Waals surface area contributed by atoms with Gasteiger partial charge >= 0.3 is 0 Å². The summed E-state index contributed by atoms with van der Waals surface area (Å²) in [5.74, 6) is 0.474. The topological polar surface area (TPSA) is 67.2 Å². The van der Waals surface area contributed by atoms with E-state index in [0.717, 1.165) is 45.3 Å². The van der Waals surface area contributed by atoms with Crippen LogP contribution in [0.25, 0.3) is 0 Å². The highest BCUT2D eigenvalue weighted by atomic mass is 16.5. The fourth-order valence-electron chi connectivity index (χ4n) is 3.28. The van der Waals surface area contributed by atoms with Crippen LogP contribution in [-0.4, -0.2) is 36.4 Å². The normalized spacial score (nSPS) is 28.8. The van der Waals surface area contributed by atoms with Crippen molar-refractivity contribution in [2.24, 2.45) is 0 Å². The molecule has 2 fully saturated rings. The van der Waals surface area contributed by atoms with E-state index in [-0.39, 0.29) is 6.10 Å². The van der Waals surface area contributed by atoms with Gasteiger partial charge in [0.2, 0.25) is 5.88 Å². The number of hydrogen-bond donors (Lipinski definition) is 1. The van der Waals surface area contributed by atoms with Crippen molar-refractivity contribution in [1.82, 2.24) is 10.3 Å². The van der Waals surface area contributed by atoms with Crippen LogP contribution in [0.4, 0.5) is 0 Å². The number of rotatable bonds is 4. The highest BCUT2D eigenvalue weighted by Gasteiger charge is 2.25. The zero-order valence-corrected chi connectivity index (χ0v) is 12.8. The van der Waals surface area contributed by atoms with E-state index in [1.807, 2.05) is 0 Å². The zero-order chi connectivity index (χ0) is 15.2. The first-order valence-electron chi connectivity index (χ1n) is 8.20. The summed E-state index contributed by atoms with van der Waals surface area (Å²) in [7, 11) is 0. The van der Waals surface area contributed by atoms with Crippen LogP contribution in [0.1, 0.15) is 44.1 Å². The molecule has 5 nitrogen and oxygen atoms in total. The van der Waals surface area contributed by atoms with Gasteiger partial charge in [-0.1, -0.05) is 0 Å². The molecule has 1 aliphatic carbocycles. The number of pyridine rings is 1. The number of hydrogen-bond acceptors (Lipinski definition) is 5. The standard InChI is InChI=1S/C17H23N3O2/c18-11-13-3-1-9-19-17(13)22-16-7-5-14(6-8-16)20-15-4-2-10-21-12-15/h1,3,9,14-16,20H,2,4-8,10,12H2. The fourth-order valence-corrected chi connectivity index (χ4v) is 3.28. The lowest BCUT2D eigenvalue weighted by atomic mass is 9.92. The summed E-state index contributed by atoms with van der Waals surface area (Å²) >= 11 is 0. The molecule has 1 aromatic heterocycles. The maximum atomic E-state index is 9.08. The number of nitrogens with zero attached hydrogens (tertiary/aromatic N) is 2. The van der Waals surface area contributed by atoms with Crippen molar-refractivity contribution in [2.75, 3.05) is 13.2 Å². The van der Waals surface area contributed by atoms with Crippen molar-refractivity contribution in [3.63, 3.8) is 0 Å². The molecule has 0 spiro atoms. The van der Waals surface area contributed by atoms with Crippen molar-refractivity contribution >= 4 is 0 Å². The molecule has 0 bridgehead atoms. The monoisotopic (exact) mass is 301 g/mol. The van der Waals surface area contributed by atoms with Gasteiger partial charge in [-0.15, -0.1) is 0 Å². The molecule has 118 valence electrons. The van der Waals surface area contributed by atoms with Gasteiger partial charge in [-0.3, -0.25) is 0 Å². The third-order valence-corrected chi connectivity index (χ3v) is 4.48. The Bertz CT molecular complexity index is 515. The van der Waals surface area contributed by atoms with E-state index >= 15 is 0 Å². The van der Waals surface area contributed by atoms with Gasteiger partial charge in [0.25, 0.3) is 0 Å². The van der Waals surface area contributed by atoms with Gasteiger partial charge in [0.15, 0.2) is 0 Å². The zero-order valence-electron chi connectivity index (χ0n) is 12.8. The molecule has 1 saturated heterocycles. The van der Waals surface area contributed by atoms with Crippen molar-refractivity contribution in [2.45, 2.75) is 56.7 Å². The predicted octanol–water partition coefficient (Wildman–Crippen LogP) is 2.41. The van der Waals surface area contributed by atoms with Gasteiger partial charge in [0.1, 0.15) is 17.7 Å². The van der Waals surface area contributed by atoms with E-state index in [0.29, 0.717) is 23.5 Å². The quantitative estimate of drug-likeness (QED) is 0.925. The predicted molar refractivity (Wildman–Crippen MR) is 82.6 cm³/mol. The van der Waals surface area contributed by atoms with Gasteiger partial charge in [-0.25, -0.2) is 4.98 Å². The first-order valence-corrected chi connectivity index (χ1v) is 8.20. The molecule has 2 aliphatic rings. The lowest BCUT2D eigenvalue weighted by Crippen LogP contribution is -2.45. The molecule has 1 aromatic rings. The Morgan fingerprint density at radius 3 is 2.82 bits per heavy atom. The van der Waals surface area contributed by atoms with Gasteiger partial charge in [-0.2, -0.15) is 5.26 Å². The van der Waals surface area contributed by atoms with Crippen molar-refractivity contribution in [3.05, 3.63) is 23.9 Å². The molecule has 5 heteroatoms. The smallest absolute Gasteiger partial charge is 0.231 e. The van der Waals surface area contributed by atoms with Crippen LogP contribution in [0.5, 0.6) is 5.88 Å². The van der Waals surface area contributed by atoms with Gasteiger partial charge < -0.3 is 14.8 Å². The summed E-state index contributed by atoms with van der Waals surface area (Å²) in [5, 5.41) is 12.8. The van der Waals surface area contributed by atoms with Crippen molar-refractivity contribution in [1.29, 1.82) is 5.26 Å². The maximum Gasteiger partial charge on any atom is 0.231 e. The van der Waals surface area contributed by atoms with Crippen LogP contribution in [-0.2, 0) is 4.74 Å². The summed E-state index contributed by atoms with van der Waals surface area (Å²) in [6, 6.07) is 6.72. The van der Waals surface area contributed by atoms with E-state index in [4.69, 9.17) is 14.7 Å². The van der Waals surface area contributed by atoms with Crippen LogP contribution < -0.4 is 10.1 Å². The fraction of sp³-hybridized carbons (Fsp3) is 0.647. The number of ether oxygens (including phenoxy) is 2. The maximum absolute atomic E-state index is 9.08. The Kier molecular flexibility index (Phi) is 5.25. The van der Waals surface area contributed by atoms with E-state index in [1.54, 1.807) is 18.3 Å². The van der Waals surface area contributed by atoms with Crippen LogP contribution in [0.3, 0.4) is 0 Å². The summed E-state index contributed by atoms with van der Waals surface area (Å²) in [6.07, 6.45) is 8.45. The Hall–Kier alpha value is -1.64. The van der Waals surface area contributed by atoms with Crippen LogP contribution >= 0.6 is 0 Å². The largest absolute Gasteiger partial charge is 0.473 e. The second-order valence-corrected chi connectivity index (χ2v) is 6.14. The molecular formula is C17H23N3O2. The average molecular weight is 301 g/mol. The highest BCUT2D eigenvalue weighted by Crippen LogP contribution is 2.25. The molecule has 1 N–H and O–H groups in total. The Morgan fingerprint density at radius 2 is 2.09 bits per heavy atom. The van der Waals surface area contributed by atoms with E-state index in [2.05, 4.69) is 16.4 Å². The third-order valence-electron chi connectivity index (χ3n) is 4.48. The minimum atomic E-state index is 0.169. The molecule has 1 saturated carbocycles. The van der Waals surface area contributed by atoms with Crippen LogP contribution in [0, 0.1) is 11.3 Å². The number of nitriles is 1. The molecule has 1 unspecified atom stereocenters. The highest BCUT2D eigenvalue weighted by molar-refractivity contribution is 5.37. The molecule has 3 rings (SSSR count). The minimum Gasteiger partial charge on any atom is -0.473 e. The third kappa shape index (κ3) is 3.96. The molecule has 2 heterocycles.